The molecule has 0 atom stereocenters. The first-order valence-corrected chi connectivity index (χ1v) is 14.5. The average molecular weight is 535 g/mol. The van der Waals surface area contributed by atoms with Gasteiger partial charge in [-0.15, -0.1) is 0 Å². The molecule has 0 bridgehead atoms. The Balaban J connectivity index is 1.47. The number of aromatic nitrogens is 2. The fraction of sp³-hybridized carbons (Fsp3) is 0. The summed E-state index contributed by atoms with van der Waals surface area (Å²) < 4.78 is 4.85. The molecule has 0 radical (unpaired) electrons. The highest BCUT2D eigenvalue weighted by molar-refractivity contribution is 6.29. The van der Waals surface area contributed by atoms with Crippen molar-refractivity contribution in [2.24, 2.45) is 0 Å². The van der Waals surface area contributed by atoms with Gasteiger partial charge < -0.3 is 9.13 Å². The van der Waals surface area contributed by atoms with E-state index < -0.39 is 0 Å². The smallest absolute Gasteiger partial charge is 0.0548 e. The summed E-state index contributed by atoms with van der Waals surface area (Å²) in [4.78, 5) is 0. The molecule has 2 aromatic heterocycles. The van der Waals surface area contributed by atoms with Crippen LogP contribution in [0.2, 0.25) is 0 Å². The van der Waals surface area contributed by atoms with Crippen LogP contribution in [0.5, 0.6) is 0 Å². The summed E-state index contributed by atoms with van der Waals surface area (Å²) in [6.45, 7) is 0. The standard InChI is InChI=1S/C40H26N2/c1-3-11-27(12-4-1)30-20-22-36-34(26-30)40-38(42(36)32-21-19-28-13-7-8-14-29(28)25-32)24-23-37-39(40)33-17-9-10-18-35(33)41(37)31-15-5-2-6-16-31/h1-26H. The van der Waals surface area contributed by atoms with Gasteiger partial charge in [-0.05, 0) is 76.5 Å². The number of benzene rings is 7. The Labute approximate surface area is 243 Å². The maximum absolute atomic E-state index is 2.44. The van der Waals surface area contributed by atoms with E-state index >= 15 is 0 Å². The number of nitrogens with zero attached hydrogens (tertiary/aromatic N) is 2. The molecule has 196 valence electrons. The van der Waals surface area contributed by atoms with Crippen LogP contribution in [0.3, 0.4) is 0 Å². The Morgan fingerprint density at radius 2 is 0.905 bits per heavy atom. The van der Waals surface area contributed by atoms with Gasteiger partial charge in [0.05, 0.1) is 22.1 Å². The zero-order valence-electron chi connectivity index (χ0n) is 22.9. The van der Waals surface area contributed by atoms with Gasteiger partial charge >= 0.3 is 0 Å². The Bertz CT molecular complexity index is 2440. The summed E-state index contributed by atoms with van der Waals surface area (Å²) in [5.74, 6) is 0. The number of para-hydroxylation sites is 2. The topological polar surface area (TPSA) is 9.86 Å². The quantitative estimate of drug-likeness (QED) is 0.213. The number of fused-ring (bicyclic) bond motifs is 8. The Morgan fingerprint density at radius 3 is 1.71 bits per heavy atom. The van der Waals surface area contributed by atoms with Crippen molar-refractivity contribution in [2.75, 3.05) is 0 Å². The molecule has 0 aliphatic carbocycles. The lowest BCUT2D eigenvalue weighted by atomic mass is 10.0. The Hall–Kier alpha value is -5.60. The van der Waals surface area contributed by atoms with Gasteiger partial charge in [-0.1, -0.05) is 103 Å². The monoisotopic (exact) mass is 534 g/mol. The number of rotatable bonds is 3. The Morgan fingerprint density at radius 1 is 0.310 bits per heavy atom. The lowest BCUT2D eigenvalue weighted by Gasteiger charge is -2.10. The molecule has 9 aromatic rings. The fourth-order valence-corrected chi connectivity index (χ4v) is 6.83. The highest BCUT2D eigenvalue weighted by Gasteiger charge is 2.21. The van der Waals surface area contributed by atoms with Crippen molar-refractivity contribution < 1.29 is 0 Å². The molecule has 0 amide bonds. The molecule has 2 heteroatoms. The predicted octanol–water partition coefficient (Wildman–Crippen LogP) is 10.7. The summed E-state index contributed by atoms with van der Waals surface area (Å²) in [6.07, 6.45) is 0. The molecule has 42 heavy (non-hydrogen) atoms. The van der Waals surface area contributed by atoms with E-state index in [-0.39, 0.29) is 0 Å². The van der Waals surface area contributed by atoms with E-state index in [0.29, 0.717) is 0 Å². The molecule has 7 aromatic carbocycles. The summed E-state index contributed by atoms with van der Waals surface area (Å²) in [5, 5.41) is 7.61. The van der Waals surface area contributed by atoms with Gasteiger partial charge in [-0.3, -0.25) is 0 Å². The van der Waals surface area contributed by atoms with Crippen molar-refractivity contribution in [1.82, 2.24) is 9.13 Å². The van der Waals surface area contributed by atoms with E-state index in [9.17, 15) is 0 Å². The molecule has 0 fully saturated rings. The van der Waals surface area contributed by atoms with Gasteiger partial charge in [0, 0.05) is 32.9 Å². The van der Waals surface area contributed by atoms with E-state index in [1.807, 2.05) is 0 Å². The van der Waals surface area contributed by atoms with Crippen LogP contribution in [0.25, 0.3) is 76.9 Å². The second-order valence-corrected chi connectivity index (χ2v) is 11.0. The molecule has 0 aliphatic heterocycles. The molecule has 0 saturated heterocycles. The highest BCUT2D eigenvalue weighted by atomic mass is 15.0. The van der Waals surface area contributed by atoms with Crippen molar-refractivity contribution in [3.63, 3.8) is 0 Å². The van der Waals surface area contributed by atoms with E-state index in [0.717, 1.165) is 0 Å². The molecule has 0 aliphatic rings. The summed E-state index contributed by atoms with van der Waals surface area (Å²) in [7, 11) is 0. The second kappa shape index (κ2) is 8.95. The largest absolute Gasteiger partial charge is 0.309 e. The van der Waals surface area contributed by atoms with Gasteiger partial charge in [0.15, 0.2) is 0 Å². The van der Waals surface area contributed by atoms with E-state index in [1.54, 1.807) is 0 Å². The molecule has 2 nitrogen and oxygen atoms in total. The lowest BCUT2D eigenvalue weighted by Crippen LogP contribution is -1.95. The number of hydrogen-bond donors (Lipinski definition) is 0. The summed E-state index contributed by atoms with van der Waals surface area (Å²) in [5.41, 5.74) is 9.67. The van der Waals surface area contributed by atoms with Crippen LogP contribution in [0.4, 0.5) is 0 Å². The normalized spacial score (nSPS) is 11.8. The molecular formula is C40H26N2. The first-order valence-electron chi connectivity index (χ1n) is 14.5. The summed E-state index contributed by atoms with van der Waals surface area (Å²) >= 11 is 0. The van der Waals surface area contributed by atoms with E-state index in [4.69, 9.17) is 0 Å². The molecule has 0 spiro atoms. The molecule has 0 N–H and O–H groups in total. The van der Waals surface area contributed by atoms with E-state index in [1.165, 1.54) is 76.9 Å². The third-order valence-electron chi connectivity index (χ3n) is 8.68. The van der Waals surface area contributed by atoms with Crippen LogP contribution >= 0.6 is 0 Å². The minimum atomic E-state index is 1.17. The first-order chi connectivity index (χ1) is 20.8. The van der Waals surface area contributed by atoms with Gasteiger partial charge in [-0.25, -0.2) is 0 Å². The average Bonchev–Trinajstić information content (AvgIpc) is 3.57. The third-order valence-corrected chi connectivity index (χ3v) is 8.68. The lowest BCUT2D eigenvalue weighted by molar-refractivity contribution is 1.17. The van der Waals surface area contributed by atoms with Gasteiger partial charge in [0.2, 0.25) is 0 Å². The maximum Gasteiger partial charge on any atom is 0.0548 e. The minimum Gasteiger partial charge on any atom is -0.309 e. The fourth-order valence-electron chi connectivity index (χ4n) is 6.83. The zero-order chi connectivity index (χ0) is 27.6. The molecule has 9 rings (SSSR count). The zero-order valence-corrected chi connectivity index (χ0v) is 22.9. The molecular weight excluding hydrogens is 508 g/mol. The van der Waals surface area contributed by atoms with Gasteiger partial charge in [0.25, 0.3) is 0 Å². The van der Waals surface area contributed by atoms with Crippen molar-refractivity contribution >= 4 is 54.4 Å². The van der Waals surface area contributed by atoms with Crippen molar-refractivity contribution in [2.45, 2.75) is 0 Å². The third kappa shape index (κ3) is 3.33. The Kier molecular flexibility index (Phi) is 4.93. The van der Waals surface area contributed by atoms with Crippen LogP contribution in [-0.2, 0) is 0 Å². The van der Waals surface area contributed by atoms with Crippen LogP contribution in [0, 0.1) is 0 Å². The minimum absolute atomic E-state index is 1.17. The van der Waals surface area contributed by atoms with Crippen LogP contribution in [0.15, 0.2) is 158 Å². The molecule has 0 unspecified atom stereocenters. The molecule has 2 heterocycles. The SMILES string of the molecule is c1ccc(-c2ccc3c(c2)c2c4c5ccccc5n(-c5ccccc5)c4ccc2n3-c2ccc3ccccc3c2)cc1. The van der Waals surface area contributed by atoms with Crippen LogP contribution < -0.4 is 0 Å². The van der Waals surface area contributed by atoms with E-state index in [2.05, 4.69) is 167 Å². The first kappa shape index (κ1) is 23.1. The highest BCUT2D eigenvalue weighted by Crippen LogP contribution is 2.43. The van der Waals surface area contributed by atoms with Gasteiger partial charge in [-0.2, -0.15) is 0 Å². The van der Waals surface area contributed by atoms with Crippen LogP contribution in [0.1, 0.15) is 0 Å². The maximum atomic E-state index is 2.44. The summed E-state index contributed by atoms with van der Waals surface area (Å²) in [6, 6.07) is 57.2. The van der Waals surface area contributed by atoms with Crippen LogP contribution in [-0.4, -0.2) is 9.13 Å². The second-order valence-electron chi connectivity index (χ2n) is 11.0. The number of hydrogen-bond acceptors (Lipinski definition) is 0. The molecule has 0 saturated carbocycles. The predicted molar refractivity (Wildman–Crippen MR) is 178 cm³/mol. The van der Waals surface area contributed by atoms with Crippen molar-refractivity contribution in [3.05, 3.63) is 158 Å². The van der Waals surface area contributed by atoms with Crippen molar-refractivity contribution in [1.29, 1.82) is 0 Å². The van der Waals surface area contributed by atoms with Crippen molar-refractivity contribution in [3.8, 4) is 22.5 Å². The van der Waals surface area contributed by atoms with Gasteiger partial charge in [0.1, 0.15) is 0 Å².